The monoisotopic (exact) mass is 199 g/mol. The molecule has 5 nitrogen and oxygen atoms in total. The van der Waals surface area contributed by atoms with Gasteiger partial charge in [-0.05, 0) is 12.1 Å². The third-order valence-corrected chi connectivity index (χ3v) is 2.07. The van der Waals surface area contributed by atoms with E-state index in [9.17, 15) is 9.90 Å². The zero-order valence-corrected chi connectivity index (χ0v) is 8.10. The highest BCUT2D eigenvalue weighted by molar-refractivity contribution is 5.87. The molecule has 1 heterocycles. The molecule has 1 atom stereocenters. The summed E-state index contributed by atoms with van der Waals surface area (Å²) in [5.41, 5.74) is 0.822. The molecule has 0 aliphatic rings. The smallest absolute Gasteiger partial charge is 0.354 e. The lowest BCUT2D eigenvalue weighted by Gasteiger charge is -2.10. The summed E-state index contributed by atoms with van der Waals surface area (Å²) in [6.45, 7) is -0.377. The average Bonchev–Trinajstić information content (AvgIpc) is 2.58. The Morgan fingerprint density at radius 3 is 2.79 bits per heavy atom. The maximum absolute atomic E-state index is 11.2. The summed E-state index contributed by atoms with van der Waals surface area (Å²) in [6.07, 6.45) is -0.974. The van der Waals surface area contributed by atoms with Crippen molar-refractivity contribution in [1.29, 1.82) is 0 Å². The Labute approximate surface area is 81.5 Å². The summed E-state index contributed by atoms with van der Waals surface area (Å²) < 4.78 is 6.03. The summed E-state index contributed by atoms with van der Waals surface area (Å²) in [5, 5.41) is 18.1. The molecular weight excluding hydrogens is 186 g/mol. The van der Waals surface area contributed by atoms with Gasteiger partial charge in [0.05, 0.1) is 13.7 Å². The number of carbonyl (C=O) groups is 1. The number of rotatable bonds is 3. The van der Waals surface area contributed by atoms with Gasteiger partial charge in [0.2, 0.25) is 0 Å². The van der Waals surface area contributed by atoms with Crippen LogP contribution in [0.2, 0.25) is 0 Å². The molecule has 1 rings (SSSR count). The predicted molar refractivity (Wildman–Crippen MR) is 48.8 cm³/mol. The number of carbonyl (C=O) groups excluding carboxylic acids is 1. The molecule has 0 spiro atoms. The van der Waals surface area contributed by atoms with Crippen LogP contribution in [0.5, 0.6) is 0 Å². The van der Waals surface area contributed by atoms with E-state index in [1.807, 2.05) is 0 Å². The van der Waals surface area contributed by atoms with Crippen LogP contribution >= 0.6 is 0 Å². The Bertz CT molecular complexity index is 332. The van der Waals surface area contributed by atoms with Crippen molar-refractivity contribution in [2.45, 2.75) is 6.10 Å². The Balaban J connectivity index is 3.02. The van der Waals surface area contributed by atoms with Gasteiger partial charge in [0.1, 0.15) is 11.8 Å². The fraction of sp³-hybridized carbons (Fsp3) is 0.444. The second-order valence-corrected chi connectivity index (χ2v) is 2.89. The maximum atomic E-state index is 11.2. The van der Waals surface area contributed by atoms with Gasteiger partial charge in [0.25, 0.3) is 0 Å². The van der Waals surface area contributed by atoms with E-state index in [4.69, 9.17) is 5.11 Å². The molecule has 2 N–H and O–H groups in total. The molecule has 0 radical (unpaired) electrons. The van der Waals surface area contributed by atoms with Crippen molar-refractivity contribution in [3.8, 4) is 0 Å². The van der Waals surface area contributed by atoms with Gasteiger partial charge in [-0.2, -0.15) is 0 Å². The predicted octanol–water partition coefficient (Wildman–Crippen LogP) is -0.163. The maximum Gasteiger partial charge on any atom is 0.354 e. The molecule has 78 valence electrons. The Morgan fingerprint density at radius 2 is 2.29 bits per heavy atom. The van der Waals surface area contributed by atoms with E-state index in [0.717, 1.165) is 0 Å². The molecule has 0 saturated heterocycles. The van der Waals surface area contributed by atoms with Crippen LogP contribution in [0.1, 0.15) is 22.3 Å². The molecule has 0 aliphatic heterocycles. The summed E-state index contributed by atoms with van der Waals surface area (Å²) >= 11 is 0. The number of aromatic nitrogens is 1. The van der Waals surface area contributed by atoms with Gasteiger partial charge in [0.15, 0.2) is 0 Å². The Morgan fingerprint density at radius 1 is 1.64 bits per heavy atom. The number of aliphatic hydroxyl groups is 2. The minimum atomic E-state index is -0.974. The molecule has 0 amide bonds. The molecule has 1 aromatic rings. The van der Waals surface area contributed by atoms with E-state index in [1.165, 1.54) is 11.7 Å². The largest absolute Gasteiger partial charge is 0.464 e. The summed E-state index contributed by atoms with van der Waals surface area (Å²) in [7, 11) is 2.91. The molecule has 0 aromatic carbocycles. The van der Waals surface area contributed by atoms with Crippen molar-refractivity contribution in [2.24, 2.45) is 7.05 Å². The number of nitrogens with zero attached hydrogens (tertiary/aromatic N) is 1. The fourth-order valence-electron chi connectivity index (χ4n) is 1.26. The van der Waals surface area contributed by atoms with Gasteiger partial charge >= 0.3 is 5.97 Å². The topological polar surface area (TPSA) is 71.7 Å². The molecule has 0 fully saturated rings. The van der Waals surface area contributed by atoms with Crippen LogP contribution in [0.15, 0.2) is 12.1 Å². The van der Waals surface area contributed by atoms with Crippen molar-refractivity contribution >= 4 is 5.97 Å². The molecule has 14 heavy (non-hydrogen) atoms. The standard InChI is InChI=1S/C9H13NO4/c1-10-6(8(12)5-11)3-4-7(10)9(13)14-2/h3-4,8,11-12H,5H2,1-2H3. The van der Waals surface area contributed by atoms with Crippen molar-refractivity contribution in [3.63, 3.8) is 0 Å². The van der Waals surface area contributed by atoms with E-state index in [1.54, 1.807) is 19.2 Å². The Hall–Kier alpha value is -1.33. The van der Waals surface area contributed by atoms with Crippen LogP contribution in [0.25, 0.3) is 0 Å². The van der Waals surface area contributed by atoms with Crippen LogP contribution in [0, 0.1) is 0 Å². The highest BCUT2D eigenvalue weighted by Crippen LogP contribution is 2.15. The van der Waals surface area contributed by atoms with Crippen molar-refractivity contribution in [1.82, 2.24) is 4.57 Å². The molecule has 5 heteroatoms. The summed E-state index contributed by atoms with van der Waals surface area (Å²) in [6, 6.07) is 3.12. The van der Waals surface area contributed by atoms with E-state index < -0.39 is 12.1 Å². The van der Waals surface area contributed by atoms with E-state index >= 15 is 0 Å². The van der Waals surface area contributed by atoms with E-state index in [-0.39, 0.29) is 6.61 Å². The van der Waals surface area contributed by atoms with Crippen LogP contribution < -0.4 is 0 Å². The number of hydrogen-bond acceptors (Lipinski definition) is 4. The lowest BCUT2D eigenvalue weighted by atomic mass is 10.3. The van der Waals surface area contributed by atoms with Crippen LogP contribution in [0.4, 0.5) is 0 Å². The van der Waals surface area contributed by atoms with Crippen LogP contribution in [0.3, 0.4) is 0 Å². The SMILES string of the molecule is COC(=O)c1ccc(C(O)CO)n1C. The Kier molecular flexibility index (Phi) is 3.27. The van der Waals surface area contributed by atoms with Gasteiger partial charge in [-0.3, -0.25) is 0 Å². The molecule has 1 aromatic heterocycles. The van der Waals surface area contributed by atoms with E-state index in [2.05, 4.69) is 4.74 Å². The first-order valence-electron chi connectivity index (χ1n) is 4.14. The normalized spacial score (nSPS) is 12.6. The molecular formula is C9H13NO4. The second kappa shape index (κ2) is 4.26. The van der Waals surface area contributed by atoms with Gasteiger partial charge in [0, 0.05) is 12.7 Å². The van der Waals surface area contributed by atoms with Crippen molar-refractivity contribution in [2.75, 3.05) is 13.7 Å². The number of ether oxygens (including phenoxy) is 1. The zero-order valence-electron chi connectivity index (χ0n) is 8.10. The van der Waals surface area contributed by atoms with Gasteiger partial charge in [-0.25, -0.2) is 4.79 Å². The number of hydrogen-bond donors (Lipinski definition) is 2. The van der Waals surface area contributed by atoms with Crippen LogP contribution in [-0.2, 0) is 11.8 Å². The zero-order chi connectivity index (χ0) is 10.7. The first kappa shape index (κ1) is 10.7. The molecule has 1 unspecified atom stereocenters. The first-order chi connectivity index (χ1) is 6.61. The van der Waals surface area contributed by atoms with Crippen molar-refractivity contribution < 1.29 is 19.7 Å². The third kappa shape index (κ3) is 1.78. The fourth-order valence-corrected chi connectivity index (χ4v) is 1.26. The highest BCUT2D eigenvalue weighted by atomic mass is 16.5. The minimum absolute atomic E-state index is 0.343. The number of aliphatic hydroxyl groups excluding tert-OH is 2. The number of methoxy groups -OCH3 is 1. The molecule has 0 saturated carbocycles. The highest BCUT2D eigenvalue weighted by Gasteiger charge is 2.16. The molecule has 0 bridgehead atoms. The average molecular weight is 199 g/mol. The quantitative estimate of drug-likeness (QED) is 0.663. The molecule has 0 aliphatic carbocycles. The summed E-state index contributed by atoms with van der Waals surface area (Å²) in [4.78, 5) is 11.2. The summed E-state index contributed by atoms with van der Waals surface area (Å²) in [5.74, 6) is -0.469. The lowest BCUT2D eigenvalue weighted by Crippen LogP contribution is -2.13. The second-order valence-electron chi connectivity index (χ2n) is 2.89. The number of esters is 1. The van der Waals surface area contributed by atoms with Gasteiger partial charge in [-0.1, -0.05) is 0 Å². The first-order valence-corrected chi connectivity index (χ1v) is 4.14. The van der Waals surface area contributed by atoms with Gasteiger partial charge in [-0.15, -0.1) is 0 Å². The van der Waals surface area contributed by atoms with E-state index in [0.29, 0.717) is 11.4 Å². The third-order valence-electron chi connectivity index (χ3n) is 2.07. The minimum Gasteiger partial charge on any atom is -0.464 e. The van der Waals surface area contributed by atoms with Gasteiger partial charge < -0.3 is 19.5 Å². The van der Waals surface area contributed by atoms with Crippen LogP contribution in [-0.4, -0.2) is 34.5 Å². The van der Waals surface area contributed by atoms with Crippen molar-refractivity contribution in [3.05, 3.63) is 23.5 Å². The lowest BCUT2D eigenvalue weighted by molar-refractivity contribution is 0.0585.